The summed E-state index contributed by atoms with van der Waals surface area (Å²) in [5, 5.41) is 11.4. The molecule has 2 rings (SSSR count). The highest BCUT2D eigenvalue weighted by Crippen LogP contribution is 2.33. The Hall–Kier alpha value is -2.04. The quantitative estimate of drug-likeness (QED) is 0.871. The van der Waals surface area contributed by atoms with E-state index < -0.39 is 12.1 Å². The number of hydrogen-bond donors (Lipinski definition) is 2. The fraction of sp³-hybridized carbons (Fsp3) is 0.467. The number of nitrogens with one attached hydrogen (secondary N) is 1. The molecule has 0 saturated carbocycles. The SMILES string of the molecule is CC1(C)CCCN(c2ccccc2)C(=O)C1NC(=O)O. The molecule has 1 aromatic carbocycles. The highest BCUT2D eigenvalue weighted by Gasteiger charge is 2.41. The molecule has 5 nitrogen and oxygen atoms in total. The summed E-state index contributed by atoms with van der Waals surface area (Å²) < 4.78 is 0. The van der Waals surface area contributed by atoms with E-state index in [9.17, 15) is 9.59 Å². The van der Waals surface area contributed by atoms with Crippen LogP contribution in [0.3, 0.4) is 0 Å². The maximum Gasteiger partial charge on any atom is 0.405 e. The molecule has 1 aromatic rings. The van der Waals surface area contributed by atoms with Gasteiger partial charge in [-0.25, -0.2) is 4.79 Å². The Labute approximate surface area is 118 Å². The third-order valence-electron chi connectivity index (χ3n) is 3.83. The molecule has 0 aliphatic carbocycles. The predicted octanol–water partition coefficient (Wildman–Crippen LogP) is 2.48. The first-order valence-corrected chi connectivity index (χ1v) is 6.78. The largest absolute Gasteiger partial charge is 0.465 e. The second-order valence-electron chi connectivity index (χ2n) is 5.80. The van der Waals surface area contributed by atoms with Crippen molar-refractivity contribution >= 4 is 17.7 Å². The van der Waals surface area contributed by atoms with Crippen LogP contribution in [0.5, 0.6) is 0 Å². The van der Waals surface area contributed by atoms with E-state index in [1.165, 1.54) is 0 Å². The molecule has 1 aliphatic rings. The van der Waals surface area contributed by atoms with Crippen molar-refractivity contribution in [3.05, 3.63) is 30.3 Å². The fourth-order valence-electron chi connectivity index (χ4n) is 2.68. The molecule has 2 N–H and O–H groups in total. The van der Waals surface area contributed by atoms with Crippen LogP contribution in [0.15, 0.2) is 30.3 Å². The molecule has 20 heavy (non-hydrogen) atoms. The lowest BCUT2D eigenvalue weighted by Gasteiger charge is -2.32. The molecule has 1 fully saturated rings. The lowest BCUT2D eigenvalue weighted by molar-refractivity contribution is -0.122. The van der Waals surface area contributed by atoms with Gasteiger partial charge in [-0.05, 0) is 30.4 Å². The summed E-state index contributed by atoms with van der Waals surface area (Å²) >= 11 is 0. The first kappa shape index (κ1) is 14.4. The number of nitrogens with zero attached hydrogens (tertiary/aromatic N) is 1. The van der Waals surface area contributed by atoms with Gasteiger partial charge in [0, 0.05) is 12.2 Å². The minimum atomic E-state index is -1.16. The van der Waals surface area contributed by atoms with Gasteiger partial charge in [-0.1, -0.05) is 32.0 Å². The average molecular weight is 276 g/mol. The topological polar surface area (TPSA) is 69.6 Å². The van der Waals surface area contributed by atoms with E-state index >= 15 is 0 Å². The second-order valence-corrected chi connectivity index (χ2v) is 5.80. The monoisotopic (exact) mass is 276 g/mol. The Morgan fingerprint density at radius 2 is 2.00 bits per heavy atom. The number of hydrogen-bond acceptors (Lipinski definition) is 2. The molecule has 0 radical (unpaired) electrons. The molecule has 1 heterocycles. The number of para-hydroxylation sites is 1. The molecular weight excluding hydrogens is 256 g/mol. The summed E-state index contributed by atoms with van der Waals surface area (Å²) in [7, 11) is 0. The van der Waals surface area contributed by atoms with Gasteiger partial charge in [0.15, 0.2) is 0 Å². The summed E-state index contributed by atoms with van der Waals surface area (Å²) in [5.41, 5.74) is 0.423. The van der Waals surface area contributed by atoms with E-state index in [4.69, 9.17) is 5.11 Å². The van der Waals surface area contributed by atoms with Gasteiger partial charge in [0.05, 0.1) is 0 Å². The lowest BCUT2D eigenvalue weighted by Crippen LogP contribution is -2.53. The number of amides is 2. The van der Waals surface area contributed by atoms with E-state index in [0.29, 0.717) is 6.54 Å². The maximum atomic E-state index is 12.7. The maximum absolute atomic E-state index is 12.7. The Morgan fingerprint density at radius 1 is 1.35 bits per heavy atom. The minimum Gasteiger partial charge on any atom is -0.465 e. The number of rotatable bonds is 2. The van der Waals surface area contributed by atoms with Gasteiger partial charge >= 0.3 is 6.09 Å². The van der Waals surface area contributed by atoms with Gasteiger partial charge in [0.25, 0.3) is 0 Å². The van der Waals surface area contributed by atoms with Crippen molar-refractivity contribution in [1.82, 2.24) is 5.32 Å². The number of carbonyl (C=O) groups is 2. The van der Waals surface area contributed by atoms with Gasteiger partial charge in [0.2, 0.25) is 5.91 Å². The Morgan fingerprint density at radius 3 is 2.60 bits per heavy atom. The smallest absolute Gasteiger partial charge is 0.405 e. The second kappa shape index (κ2) is 5.53. The minimum absolute atomic E-state index is 0.180. The number of carboxylic acid groups (broad SMARTS) is 1. The molecule has 5 heteroatoms. The van der Waals surface area contributed by atoms with Crippen molar-refractivity contribution in [2.24, 2.45) is 5.41 Å². The number of carbonyl (C=O) groups excluding carboxylic acids is 1. The number of anilines is 1. The lowest BCUT2D eigenvalue weighted by atomic mass is 9.80. The van der Waals surface area contributed by atoms with Crippen LogP contribution in [0.1, 0.15) is 26.7 Å². The molecule has 1 saturated heterocycles. The van der Waals surface area contributed by atoms with Gasteiger partial charge in [-0.15, -0.1) is 0 Å². The van der Waals surface area contributed by atoms with Gasteiger partial charge in [-0.3, -0.25) is 4.79 Å². The van der Waals surface area contributed by atoms with Crippen LogP contribution in [0.25, 0.3) is 0 Å². The average Bonchev–Trinajstić information content (AvgIpc) is 2.50. The first-order chi connectivity index (χ1) is 9.42. The Bertz CT molecular complexity index is 499. The van der Waals surface area contributed by atoms with E-state index in [2.05, 4.69) is 5.32 Å². The molecule has 2 amide bonds. The van der Waals surface area contributed by atoms with E-state index in [0.717, 1.165) is 18.5 Å². The van der Waals surface area contributed by atoms with Crippen LogP contribution in [0.2, 0.25) is 0 Å². The molecule has 108 valence electrons. The highest BCUT2D eigenvalue weighted by molar-refractivity contribution is 5.99. The molecule has 0 spiro atoms. The van der Waals surface area contributed by atoms with Crippen molar-refractivity contribution in [3.63, 3.8) is 0 Å². The van der Waals surface area contributed by atoms with E-state index in [1.54, 1.807) is 4.90 Å². The standard InChI is InChI=1S/C15H20N2O3/c1-15(2)9-6-10-17(11-7-4-3-5-8-11)13(18)12(15)16-14(19)20/h3-5,7-8,12,16H,6,9-10H2,1-2H3,(H,19,20). The zero-order valence-electron chi connectivity index (χ0n) is 11.8. The zero-order valence-corrected chi connectivity index (χ0v) is 11.8. The summed E-state index contributed by atoms with van der Waals surface area (Å²) in [6, 6.07) is 8.66. The van der Waals surface area contributed by atoms with Crippen LogP contribution in [-0.4, -0.2) is 29.7 Å². The van der Waals surface area contributed by atoms with Crippen molar-refractivity contribution in [3.8, 4) is 0 Å². The van der Waals surface area contributed by atoms with Crippen LogP contribution in [-0.2, 0) is 4.79 Å². The van der Waals surface area contributed by atoms with Crippen LogP contribution < -0.4 is 10.2 Å². The van der Waals surface area contributed by atoms with Crippen molar-refractivity contribution in [2.75, 3.05) is 11.4 Å². The van der Waals surface area contributed by atoms with Crippen molar-refractivity contribution < 1.29 is 14.7 Å². The van der Waals surface area contributed by atoms with E-state index in [-0.39, 0.29) is 11.3 Å². The number of benzene rings is 1. The zero-order chi connectivity index (χ0) is 14.8. The summed E-state index contributed by atoms with van der Waals surface area (Å²) in [5.74, 6) is -0.180. The third-order valence-corrected chi connectivity index (χ3v) is 3.83. The summed E-state index contributed by atoms with van der Waals surface area (Å²) in [6.07, 6.45) is 0.490. The predicted molar refractivity (Wildman–Crippen MR) is 76.8 cm³/mol. The van der Waals surface area contributed by atoms with Gasteiger partial charge < -0.3 is 15.3 Å². The van der Waals surface area contributed by atoms with Crippen molar-refractivity contribution in [1.29, 1.82) is 0 Å². The van der Waals surface area contributed by atoms with Crippen molar-refractivity contribution in [2.45, 2.75) is 32.7 Å². The highest BCUT2D eigenvalue weighted by atomic mass is 16.4. The normalized spacial score (nSPS) is 22.2. The van der Waals surface area contributed by atoms with E-state index in [1.807, 2.05) is 44.2 Å². The Kier molecular flexibility index (Phi) is 3.97. The Balaban J connectivity index is 2.32. The fourth-order valence-corrected chi connectivity index (χ4v) is 2.68. The molecule has 0 aromatic heterocycles. The van der Waals surface area contributed by atoms with Crippen LogP contribution in [0, 0.1) is 5.41 Å². The molecular formula is C15H20N2O3. The first-order valence-electron chi connectivity index (χ1n) is 6.78. The molecule has 1 atom stereocenters. The summed E-state index contributed by atoms with van der Waals surface area (Å²) in [6.45, 7) is 4.48. The van der Waals surface area contributed by atoms with Crippen LogP contribution >= 0.6 is 0 Å². The van der Waals surface area contributed by atoms with Gasteiger partial charge in [-0.2, -0.15) is 0 Å². The van der Waals surface area contributed by atoms with Crippen LogP contribution in [0.4, 0.5) is 10.5 Å². The molecule has 1 aliphatic heterocycles. The molecule has 1 unspecified atom stereocenters. The van der Waals surface area contributed by atoms with Gasteiger partial charge in [0.1, 0.15) is 6.04 Å². The third kappa shape index (κ3) is 2.92. The summed E-state index contributed by atoms with van der Waals surface area (Å²) in [4.78, 5) is 25.3. The molecule has 0 bridgehead atoms.